The van der Waals surface area contributed by atoms with Crippen LogP contribution in [0, 0.1) is 12.7 Å². The van der Waals surface area contributed by atoms with E-state index in [-0.39, 0.29) is 11.2 Å². The van der Waals surface area contributed by atoms with Gasteiger partial charge in [0.2, 0.25) is 0 Å². The summed E-state index contributed by atoms with van der Waals surface area (Å²) in [6.45, 7) is 8.08. The molecule has 0 fully saturated rings. The molecule has 0 aliphatic heterocycles. The van der Waals surface area contributed by atoms with Crippen molar-refractivity contribution < 1.29 is 4.39 Å². The lowest BCUT2D eigenvalue weighted by Crippen LogP contribution is -2.13. The number of hydrogen-bond acceptors (Lipinski definition) is 1. The standard InChI is InChI=1S/C14H16FN/c1-9-5-7-11-10(13(9)15)6-8-12(16-11)14(2,3)4/h5-8H,1-4H3. The van der Waals surface area contributed by atoms with Gasteiger partial charge in [-0.1, -0.05) is 26.8 Å². The van der Waals surface area contributed by atoms with E-state index in [1.807, 2.05) is 18.2 Å². The zero-order valence-electron chi connectivity index (χ0n) is 10.1. The Morgan fingerprint density at radius 1 is 1.06 bits per heavy atom. The van der Waals surface area contributed by atoms with Crippen molar-refractivity contribution in [2.45, 2.75) is 33.1 Å². The summed E-state index contributed by atoms with van der Waals surface area (Å²) >= 11 is 0. The third kappa shape index (κ3) is 1.80. The van der Waals surface area contributed by atoms with Crippen LogP contribution in [0.25, 0.3) is 10.9 Å². The van der Waals surface area contributed by atoms with Crippen molar-refractivity contribution in [1.82, 2.24) is 4.98 Å². The van der Waals surface area contributed by atoms with Gasteiger partial charge >= 0.3 is 0 Å². The van der Waals surface area contributed by atoms with Gasteiger partial charge in [0, 0.05) is 16.5 Å². The van der Waals surface area contributed by atoms with E-state index in [1.165, 1.54) is 0 Å². The quantitative estimate of drug-likeness (QED) is 0.650. The van der Waals surface area contributed by atoms with E-state index in [0.717, 1.165) is 11.2 Å². The highest BCUT2D eigenvalue weighted by Gasteiger charge is 2.16. The number of halogens is 1. The molecule has 0 spiro atoms. The van der Waals surface area contributed by atoms with Crippen LogP contribution in [0.4, 0.5) is 4.39 Å². The van der Waals surface area contributed by atoms with Crippen molar-refractivity contribution in [2.75, 3.05) is 0 Å². The first-order chi connectivity index (χ1) is 7.39. The number of aryl methyl sites for hydroxylation is 1. The molecule has 0 unspecified atom stereocenters. The fourth-order valence-electron chi connectivity index (χ4n) is 1.69. The second kappa shape index (κ2) is 3.55. The molecule has 84 valence electrons. The third-order valence-electron chi connectivity index (χ3n) is 2.77. The Labute approximate surface area is 95.3 Å². The Balaban J connectivity index is 2.70. The maximum absolute atomic E-state index is 13.8. The number of rotatable bonds is 0. The Morgan fingerprint density at radius 2 is 1.75 bits per heavy atom. The molecule has 0 N–H and O–H groups in total. The number of nitrogens with zero attached hydrogens (tertiary/aromatic N) is 1. The first-order valence-electron chi connectivity index (χ1n) is 5.46. The molecule has 2 aromatic rings. The fraction of sp³-hybridized carbons (Fsp3) is 0.357. The Kier molecular flexibility index (Phi) is 2.45. The summed E-state index contributed by atoms with van der Waals surface area (Å²) in [5, 5.41) is 0.605. The SMILES string of the molecule is Cc1ccc2nc(C(C)(C)C)ccc2c1F. The largest absolute Gasteiger partial charge is 0.252 e. The van der Waals surface area contributed by atoms with Crippen molar-refractivity contribution in [2.24, 2.45) is 0 Å². The second-order valence-electron chi connectivity index (χ2n) is 5.21. The van der Waals surface area contributed by atoms with Crippen LogP contribution in [0.15, 0.2) is 24.3 Å². The Bertz CT molecular complexity index is 538. The third-order valence-corrected chi connectivity index (χ3v) is 2.77. The summed E-state index contributed by atoms with van der Waals surface area (Å²) in [5.41, 5.74) is 2.38. The minimum absolute atomic E-state index is 0.00441. The normalized spacial score (nSPS) is 12.1. The highest BCUT2D eigenvalue weighted by molar-refractivity contribution is 5.80. The molecule has 0 bridgehead atoms. The molecular formula is C14H16FN. The Morgan fingerprint density at radius 3 is 2.38 bits per heavy atom. The highest BCUT2D eigenvalue weighted by Crippen LogP contribution is 2.25. The van der Waals surface area contributed by atoms with Crippen molar-refractivity contribution >= 4 is 10.9 Å². The van der Waals surface area contributed by atoms with Crippen LogP contribution in [0.3, 0.4) is 0 Å². The highest BCUT2D eigenvalue weighted by atomic mass is 19.1. The number of aromatic nitrogens is 1. The zero-order chi connectivity index (χ0) is 11.9. The summed E-state index contributed by atoms with van der Waals surface area (Å²) in [6, 6.07) is 7.39. The average Bonchev–Trinajstić information content (AvgIpc) is 2.22. The number of hydrogen-bond donors (Lipinski definition) is 0. The van der Waals surface area contributed by atoms with Crippen LogP contribution in [-0.2, 0) is 5.41 Å². The van der Waals surface area contributed by atoms with Crippen LogP contribution in [-0.4, -0.2) is 4.98 Å². The van der Waals surface area contributed by atoms with Crippen LogP contribution < -0.4 is 0 Å². The zero-order valence-corrected chi connectivity index (χ0v) is 10.1. The van der Waals surface area contributed by atoms with E-state index in [0.29, 0.717) is 10.9 Å². The Hall–Kier alpha value is -1.44. The van der Waals surface area contributed by atoms with E-state index in [1.54, 1.807) is 13.0 Å². The molecule has 0 saturated carbocycles. The molecule has 1 nitrogen and oxygen atoms in total. The second-order valence-corrected chi connectivity index (χ2v) is 5.21. The van der Waals surface area contributed by atoms with Gasteiger partial charge in [-0.25, -0.2) is 4.39 Å². The lowest BCUT2D eigenvalue weighted by Gasteiger charge is -2.18. The molecule has 0 atom stereocenters. The topological polar surface area (TPSA) is 12.9 Å². The molecule has 1 aromatic heterocycles. The van der Waals surface area contributed by atoms with E-state index < -0.39 is 0 Å². The van der Waals surface area contributed by atoms with E-state index in [2.05, 4.69) is 25.8 Å². The minimum atomic E-state index is -0.162. The average molecular weight is 217 g/mol. The van der Waals surface area contributed by atoms with Gasteiger partial charge in [0.15, 0.2) is 0 Å². The summed E-state index contributed by atoms with van der Waals surface area (Å²) in [6.07, 6.45) is 0. The van der Waals surface area contributed by atoms with E-state index >= 15 is 0 Å². The van der Waals surface area contributed by atoms with Crippen LogP contribution in [0.1, 0.15) is 32.0 Å². The smallest absolute Gasteiger partial charge is 0.135 e. The van der Waals surface area contributed by atoms with Gasteiger partial charge in [-0.2, -0.15) is 0 Å². The van der Waals surface area contributed by atoms with E-state index in [4.69, 9.17) is 0 Å². The van der Waals surface area contributed by atoms with Gasteiger partial charge in [0.1, 0.15) is 5.82 Å². The van der Waals surface area contributed by atoms with Crippen molar-refractivity contribution in [3.05, 3.63) is 41.3 Å². The van der Waals surface area contributed by atoms with Crippen molar-refractivity contribution in [3.8, 4) is 0 Å². The molecule has 1 heterocycles. The molecule has 2 heteroatoms. The van der Waals surface area contributed by atoms with Crippen molar-refractivity contribution in [1.29, 1.82) is 0 Å². The van der Waals surface area contributed by atoms with Crippen LogP contribution in [0.2, 0.25) is 0 Å². The lowest BCUT2D eigenvalue weighted by atomic mass is 9.91. The molecule has 0 aliphatic carbocycles. The lowest BCUT2D eigenvalue weighted by molar-refractivity contribution is 0.571. The van der Waals surface area contributed by atoms with Gasteiger partial charge in [-0.15, -0.1) is 0 Å². The fourth-order valence-corrected chi connectivity index (χ4v) is 1.69. The summed E-state index contributed by atoms with van der Waals surface area (Å²) in [5.74, 6) is -0.162. The molecular weight excluding hydrogens is 201 g/mol. The number of pyridine rings is 1. The molecule has 0 saturated heterocycles. The summed E-state index contributed by atoms with van der Waals surface area (Å²) in [7, 11) is 0. The molecule has 2 rings (SSSR count). The number of benzene rings is 1. The molecule has 16 heavy (non-hydrogen) atoms. The predicted octanol–water partition coefficient (Wildman–Crippen LogP) is 3.98. The van der Waals surface area contributed by atoms with Crippen LogP contribution >= 0.6 is 0 Å². The van der Waals surface area contributed by atoms with Crippen LogP contribution in [0.5, 0.6) is 0 Å². The van der Waals surface area contributed by atoms with Gasteiger partial charge < -0.3 is 0 Å². The first-order valence-corrected chi connectivity index (χ1v) is 5.46. The monoisotopic (exact) mass is 217 g/mol. The summed E-state index contributed by atoms with van der Waals surface area (Å²) < 4.78 is 13.8. The maximum atomic E-state index is 13.8. The van der Waals surface area contributed by atoms with Gasteiger partial charge in [0.05, 0.1) is 5.52 Å². The molecule has 0 aliphatic rings. The minimum Gasteiger partial charge on any atom is -0.252 e. The number of fused-ring (bicyclic) bond motifs is 1. The molecule has 0 radical (unpaired) electrons. The van der Waals surface area contributed by atoms with E-state index in [9.17, 15) is 4.39 Å². The predicted molar refractivity (Wildman–Crippen MR) is 65.1 cm³/mol. The van der Waals surface area contributed by atoms with Gasteiger partial charge in [-0.3, -0.25) is 4.98 Å². The van der Waals surface area contributed by atoms with Crippen molar-refractivity contribution in [3.63, 3.8) is 0 Å². The molecule has 1 aromatic carbocycles. The van der Waals surface area contributed by atoms with Gasteiger partial charge in [-0.05, 0) is 30.7 Å². The van der Waals surface area contributed by atoms with Gasteiger partial charge in [0.25, 0.3) is 0 Å². The summed E-state index contributed by atoms with van der Waals surface area (Å²) in [4.78, 5) is 4.51. The molecule has 0 amide bonds. The maximum Gasteiger partial charge on any atom is 0.135 e. The first kappa shape index (κ1) is 11.1.